The number of carbonyl (C=O) groups excluding carboxylic acids is 1. The average Bonchev–Trinajstić information content (AvgIpc) is 2.93. The minimum Gasteiger partial charge on any atom is -0.340 e. The van der Waals surface area contributed by atoms with Crippen molar-refractivity contribution in [1.29, 1.82) is 0 Å². The molecular formula is C20H28N4O. The van der Waals surface area contributed by atoms with Crippen molar-refractivity contribution in [2.45, 2.75) is 45.2 Å². The maximum Gasteiger partial charge on any atom is 0.239 e. The maximum absolute atomic E-state index is 12.8. The van der Waals surface area contributed by atoms with E-state index in [4.69, 9.17) is 0 Å². The second kappa shape index (κ2) is 8.30. The van der Waals surface area contributed by atoms with Crippen LogP contribution in [0.3, 0.4) is 0 Å². The summed E-state index contributed by atoms with van der Waals surface area (Å²) in [7, 11) is 1.89. The second-order valence-electron chi connectivity index (χ2n) is 6.95. The van der Waals surface area contributed by atoms with Crippen molar-refractivity contribution in [1.82, 2.24) is 19.6 Å². The summed E-state index contributed by atoms with van der Waals surface area (Å²) >= 11 is 0. The fraction of sp³-hybridized carbons (Fsp3) is 0.500. The number of rotatable bonds is 5. The van der Waals surface area contributed by atoms with Crippen molar-refractivity contribution < 1.29 is 4.79 Å². The third-order valence-corrected chi connectivity index (χ3v) is 5.00. The molecule has 0 radical (unpaired) electrons. The standard InChI is InChI=1S/C20H28N4O/c1-17(23-12-8-3-4-9-13-23)20(25)22(2)15-18-14-21-24(16-18)19-10-6-5-7-11-19/h5-7,10-11,14,16-17H,3-4,8-9,12-13,15H2,1-2H3. The molecule has 134 valence electrons. The minimum atomic E-state index is -0.0488. The highest BCUT2D eigenvalue weighted by Gasteiger charge is 2.24. The summed E-state index contributed by atoms with van der Waals surface area (Å²) in [4.78, 5) is 16.9. The van der Waals surface area contributed by atoms with Gasteiger partial charge < -0.3 is 4.90 Å². The lowest BCUT2D eigenvalue weighted by Crippen LogP contribution is -2.45. The number of aromatic nitrogens is 2. The number of carbonyl (C=O) groups is 1. The summed E-state index contributed by atoms with van der Waals surface area (Å²) < 4.78 is 1.85. The molecule has 3 rings (SSSR count). The molecule has 1 atom stereocenters. The van der Waals surface area contributed by atoms with Crippen molar-refractivity contribution in [3.63, 3.8) is 0 Å². The number of nitrogens with zero attached hydrogens (tertiary/aromatic N) is 4. The zero-order valence-corrected chi connectivity index (χ0v) is 15.3. The Labute approximate surface area is 150 Å². The Morgan fingerprint density at radius 2 is 1.84 bits per heavy atom. The van der Waals surface area contributed by atoms with Gasteiger partial charge in [-0.25, -0.2) is 4.68 Å². The summed E-state index contributed by atoms with van der Waals surface area (Å²) in [6.45, 7) is 4.70. The van der Waals surface area contributed by atoms with Crippen LogP contribution >= 0.6 is 0 Å². The number of likely N-dealkylation sites (N-methyl/N-ethyl adjacent to an activating group) is 1. The number of hydrogen-bond acceptors (Lipinski definition) is 3. The molecule has 5 heteroatoms. The van der Waals surface area contributed by atoms with E-state index in [0.29, 0.717) is 6.54 Å². The molecule has 1 fully saturated rings. The number of hydrogen-bond donors (Lipinski definition) is 0. The van der Waals surface area contributed by atoms with Gasteiger partial charge in [0.05, 0.1) is 17.9 Å². The molecule has 1 aliphatic rings. The molecule has 1 amide bonds. The molecule has 1 aromatic carbocycles. The van der Waals surface area contributed by atoms with Crippen LogP contribution in [0, 0.1) is 0 Å². The van der Waals surface area contributed by atoms with Gasteiger partial charge in [-0.05, 0) is 45.0 Å². The van der Waals surface area contributed by atoms with Gasteiger partial charge in [-0.2, -0.15) is 5.10 Å². The van der Waals surface area contributed by atoms with E-state index in [1.54, 1.807) is 0 Å². The van der Waals surface area contributed by atoms with Crippen LogP contribution in [0.1, 0.15) is 38.2 Å². The average molecular weight is 340 g/mol. The van der Waals surface area contributed by atoms with Crippen molar-refractivity contribution in [3.8, 4) is 5.69 Å². The minimum absolute atomic E-state index is 0.0488. The maximum atomic E-state index is 12.8. The Bertz CT molecular complexity index is 674. The normalized spacial score (nSPS) is 17.0. The van der Waals surface area contributed by atoms with Crippen LogP contribution in [0.2, 0.25) is 0 Å². The first-order chi connectivity index (χ1) is 12.1. The SMILES string of the molecule is CC(C(=O)N(C)Cc1cnn(-c2ccccc2)c1)N1CCCCCC1. The summed E-state index contributed by atoms with van der Waals surface area (Å²) in [5, 5.41) is 4.41. The quantitative estimate of drug-likeness (QED) is 0.840. The highest BCUT2D eigenvalue weighted by atomic mass is 16.2. The van der Waals surface area contributed by atoms with E-state index < -0.39 is 0 Å². The van der Waals surface area contributed by atoms with Crippen LogP contribution in [-0.2, 0) is 11.3 Å². The molecule has 1 aromatic heterocycles. The fourth-order valence-electron chi connectivity index (χ4n) is 3.47. The van der Waals surface area contributed by atoms with Gasteiger partial charge in [0.1, 0.15) is 0 Å². The van der Waals surface area contributed by atoms with Crippen molar-refractivity contribution >= 4 is 5.91 Å². The first-order valence-corrected chi connectivity index (χ1v) is 9.23. The third-order valence-electron chi connectivity index (χ3n) is 5.00. The molecule has 1 saturated heterocycles. The molecular weight excluding hydrogens is 312 g/mol. The predicted molar refractivity (Wildman–Crippen MR) is 99.5 cm³/mol. The topological polar surface area (TPSA) is 41.4 Å². The molecule has 5 nitrogen and oxygen atoms in total. The lowest BCUT2D eigenvalue weighted by molar-refractivity contribution is -0.135. The van der Waals surface area contributed by atoms with Crippen LogP contribution in [0.25, 0.3) is 5.69 Å². The number of amides is 1. The van der Waals surface area contributed by atoms with Crippen LogP contribution in [0.4, 0.5) is 0 Å². The molecule has 0 saturated carbocycles. The van der Waals surface area contributed by atoms with Crippen LogP contribution in [-0.4, -0.2) is 51.7 Å². The monoisotopic (exact) mass is 340 g/mol. The molecule has 1 unspecified atom stereocenters. The zero-order chi connectivity index (χ0) is 17.6. The van der Waals surface area contributed by atoms with Gasteiger partial charge >= 0.3 is 0 Å². The first kappa shape index (κ1) is 17.7. The second-order valence-corrected chi connectivity index (χ2v) is 6.95. The van der Waals surface area contributed by atoms with Crippen LogP contribution < -0.4 is 0 Å². The molecule has 0 aliphatic carbocycles. The number of likely N-dealkylation sites (tertiary alicyclic amines) is 1. The van der Waals surface area contributed by atoms with Gasteiger partial charge in [0.15, 0.2) is 0 Å². The van der Waals surface area contributed by atoms with E-state index in [0.717, 1.165) is 24.3 Å². The van der Waals surface area contributed by atoms with Crippen molar-refractivity contribution in [2.75, 3.05) is 20.1 Å². The van der Waals surface area contributed by atoms with E-state index in [1.807, 2.05) is 66.3 Å². The summed E-state index contributed by atoms with van der Waals surface area (Å²) in [5.74, 6) is 0.189. The van der Waals surface area contributed by atoms with Crippen LogP contribution in [0.5, 0.6) is 0 Å². The third kappa shape index (κ3) is 4.48. The number of benzene rings is 1. The predicted octanol–water partition coefficient (Wildman–Crippen LogP) is 3.10. The summed E-state index contributed by atoms with van der Waals surface area (Å²) in [6, 6.07) is 9.97. The Balaban J connectivity index is 1.60. The van der Waals surface area contributed by atoms with Gasteiger partial charge in [0, 0.05) is 25.4 Å². The van der Waals surface area contributed by atoms with E-state index >= 15 is 0 Å². The summed E-state index contributed by atoms with van der Waals surface area (Å²) in [5.41, 5.74) is 2.07. The van der Waals surface area contributed by atoms with Crippen LogP contribution in [0.15, 0.2) is 42.7 Å². The molecule has 2 heterocycles. The molecule has 0 spiro atoms. The lowest BCUT2D eigenvalue weighted by Gasteiger charge is -2.30. The van der Waals surface area contributed by atoms with Crippen molar-refractivity contribution in [3.05, 3.63) is 48.3 Å². The fourth-order valence-corrected chi connectivity index (χ4v) is 3.47. The van der Waals surface area contributed by atoms with E-state index in [9.17, 15) is 4.79 Å². The number of para-hydroxylation sites is 1. The highest BCUT2D eigenvalue weighted by Crippen LogP contribution is 2.15. The molecule has 2 aromatic rings. The van der Waals surface area contributed by atoms with Gasteiger partial charge in [0.25, 0.3) is 0 Å². The molecule has 0 bridgehead atoms. The lowest BCUT2D eigenvalue weighted by atomic mass is 10.2. The smallest absolute Gasteiger partial charge is 0.239 e. The van der Waals surface area contributed by atoms with E-state index in [-0.39, 0.29) is 11.9 Å². The van der Waals surface area contributed by atoms with E-state index in [1.165, 1.54) is 25.7 Å². The highest BCUT2D eigenvalue weighted by molar-refractivity contribution is 5.81. The first-order valence-electron chi connectivity index (χ1n) is 9.23. The Morgan fingerprint density at radius 1 is 1.16 bits per heavy atom. The van der Waals surface area contributed by atoms with Gasteiger partial charge in [0.2, 0.25) is 5.91 Å². The molecule has 1 aliphatic heterocycles. The van der Waals surface area contributed by atoms with Crippen molar-refractivity contribution in [2.24, 2.45) is 0 Å². The molecule has 25 heavy (non-hydrogen) atoms. The van der Waals surface area contributed by atoms with E-state index in [2.05, 4.69) is 10.00 Å². The Kier molecular flexibility index (Phi) is 5.87. The zero-order valence-electron chi connectivity index (χ0n) is 15.3. The largest absolute Gasteiger partial charge is 0.340 e. The van der Waals surface area contributed by atoms with Gasteiger partial charge in [-0.3, -0.25) is 9.69 Å². The van der Waals surface area contributed by atoms with Gasteiger partial charge in [-0.1, -0.05) is 31.0 Å². The summed E-state index contributed by atoms with van der Waals surface area (Å²) in [6.07, 6.45) is 8.80. The van der Waals surface area contributed by atoms with Gasteiger partial charge in [-0.15, -0.1) is 0 Å². The molecule has 0 N–H and O–H groups in total. The Hall–Kier alpha value is -2.14. The Morgan fingerprint density at radius 3 is 2.52 bits per heavy atom.